The highest BCUT2D eigenvalue weighted by Gasteiger charge is 2.34. The van der Waals surface area contributed by atoms with Crippen LogP contribution in [0.25, 0.3) is 6.08 Å². The van der Waals surface area contributed by atoms with Gasteiger partial charge in [-0.1, -0.05) is 18.2 Å². The molecule has 4 rings (SSSR count). The van der Waals surface area contributed by atoms with Gasteiger partial charge in [-0.05, 0) is 71.6 Å². The molecule has 0 aromatic heterocycles. The van der Waals surface area contributed by atoms with E-state index >= 15 is 0 Å². The predicted octanol–water partition coefficient (Wildman–Crippen LogP) is 2.50. The summed E-state index contributed by atoms with van der Waals surface area (Å²) in [5.74, 6) is -0.712. The zero-order valence-corrected chi connectivity index (χ0v) is 17.7. The second-order valence-corrected chi connectivity index (χ2v) is 8.21. The summed E-state index contributed by atoms with van der Waals surface area (Å²) >= 11 is 2.20. The average Bonchev–Trinajstić information content (AvgIpc) is 2.98. The summed E-state index contributed by atoms with van der Waals surface area (Å²) in [6.07, 6.45) is 1.71. The lowest BCUT2D eigenvalue weighted by molar-refractivity contribution is -0.117. The Morgan fingerprint density at radius 1 is 0.964 bits per heavy atom. The van der Waals surface area contributed by atoms with Crippen LogP contribution >= 0.6 is 22.6 Å². The maximum absolute atomic E-state index is 12.9. The number of hydrogen-bond donors (Lipinski definition) is 1. The van der Waals surface area contributed by atoms with Crippen molar-refractivity contribution < 1.29 is 9.59 Å². The van der Waals surface area contributed by atoms with Crippen LogP contribution in [0.3, 0.4) is 0 Å². The van der Waals surface area contributed by atoms with Crippen LogP contribution in [0.5, 0.6) is 0 Å². The van der Waals surface area contributed by atoms with Crippen LogP contribution in [0.2, 0.25) is 0 Å². The van der Waals surface area contributed by atoms with Crippen molar-refractivity contribution in [1.29, 1.82) is 0 Å². The van der Waals surface area contributed by atoms with Gasteiger partial charge in [0.15, 0.2) is 0 Å². The van der Waals surface area contributed by atoms with E-state index in [1.54, 1.807) is 6.08 Å². The Morgan fingerprint density at radius 3 is 2.36 bits per heavy atom. The Hall–Kier alpha value is -2.39. The molecule has 2 amide bonds. The highest BCUT2D eigenvalue weighted by Crippen LogP contribution is 2.27. The summed E-state index contributed by atoms with van der Waals surface area (Å²) in [6, 6.07) is 15.4. The monoisotopic (exact) mass is 488 g/mol. The van der Waals surface area contributed by atoms with Gasteiger partial charge >= 0.3 is 0 Å². The molecule has 0 saturated carbocycles. The molecule has 0 spiro atoms. The first-order valence-corrected chi connectivity index (χ1v) is 10.3. The lowest BCUT2D eigenvalue weighted by Crippen LogP contribution is -2.44. The Morgan fingerprint density at radius 2 is 1.64 bits per heavy atom. The van der Waals surface area contributed by atoms with E-state index in [4.69, 9.17) is 0 Å². The average molecular weight is 488 g/mol. The van der Waals surface area contributed by atoms with Crippen molar-refractivity contribution in [1.82, 2.24) is 10.3 Å². The number of piperazine rings is 1. The summed E-state index contributed by atoms with van der Waals surface area (Å²) < 4.78 is 1.07. The minimum atomic E-state index is -0.378. The van der Waals surface area contributed by atoms with E-state index in [0.717, 1.165) is 41.0 Å². The molecule has 2 saturated heterocycles. The number of rotatable bonds is 3. The normalized spacial score (nSPS) is 19.4. The van der Waals surface area contributed by atoms with Crippen LogP contribution < -0.4 is 15.3 Å². The fraction of sp³-hybridized carbons (Fsp3) is 0.238. The van der Waals surface area contributed by atoms with Crippen LogP contribution in [0.15, 0.2) is 54.1 Å². The molecule has 2 aromatic rings. The van der Waals surface area contributed by atoms with Crippen molar-refractivity contribution in [3.63, 3.8) is 0 Å². The number of para-hydroxylation sites is 1. The molecule has 2 aromatic carbocycles. The number of hydrazine groups is 1. The summed E-state index contributed by atoms with van der Waals surface area (Å²) in [4.78, 5) is 30.0. The van der Waals surface area contributed by atoms with E-state index in [-0.39, 0.29) is 17.4 Å². The highest BCUT2D eigenvalue weighted by molar-refractivity contribution is 14.1. The Balaban J connectivity index is 1.63. The minimum Gasteiger partial charge on any atom is -0.368 e. The largest absolute Gasteiger partial charge is 0.368 e. The number of hydrogen-bond acceptors (Lipinski definition) is 4. The van der Waals surface area contributed by atoms with Gasteiger partial charge in [0.1, 0.15) is 5.57 Å². The first-order valence-electron chi connectivity index (χ1n) is 9.18. The van der Waals surface area contributed by atoms with Gasteiger partial charge in [0.2, 0.25) is 0 Å². The third-order valence-electron chi connectivity index (χ3n) is 5.06. The molecule has 0 bridgehead atoms. The van der Waals surface area contributed by atoms with Crippen molar-refractivity contribution in [2.75, 3.05) is 43.1 Å². The van der Waals surface area contributed by atoms with Crippen molar-refractivity contribution in [3.05, 3.63) is 63.2 Å². The molecule has 0 unspecified atom stereocenters. The third kappa shape index (κ3) is 3.77. The molecule has 0 radical (unpaired) electrons. The molecule has 28 heavy (non-hydrogen) atoms. The maximum atomic E-state index is 12.9. The number of likely N-dealkylation sites (N-methyl/N-ethyl adjacent to an activating group) is 1. The number of carbonyl (C=O) groups is 2. The van der Waals surface area contributed by atoms with E-state index < -0.39 is 0 Å². The molecule has 0 atom stereocenters. The van der Waals surface area contributed by atoms with Crippen LogP contribution in [-0.2, 0) is 9.59 Å². The summed E-state index contributed by atoms with van der Waals surface area (Å²) in [6.45, 7) is 3.83. The lowest BCUT2D eigenvalue weighted by Gasteiger charge is -2.34. The van der Waals surface area contributed by atoms with Crippen LogP contribution in [0.1, 0.15) is 5.56 Å². The number of amides is 2. The first kappa shape index (κ1) is 18.9. The van der Waals surface area contributed by atoms with E-state index in [1.165, 1.54) is 5.01 Å². The molecule has 2 heterocycles. The van der Waals surface area contributed by atoms with Gasteiger partial charge in [0.05, 0.1) is 5.69 Å². The topological polar surface area (TPSA) is 55.9 Å². The van der Waals surface area contributed by atoms with Crippen molar-refractivity contribution in [2.24, 2.45) is 0 Å². The zero-order chi connectivity index (χ0) is 19.7. The van der Waals surface area contributed by atoms with Crippen molar-refractivity contribution >= 4 is 51.9 Å². The predicted molar refractivity (Wildman–Crippen MR) is 119 cm³/mol. The number of nitrogens with one attached hydrogen (secondary N) is 1. The summed E-state index contributed by atoms with van der Waals surface area (Å²) in [5.41, 5.74) is 5.41. The second-order valence-electron chi connectivity index (χ2n) is 6.97. The van der Waals surface area contributed by atoms with Gasteiger partial charge in [-0.3, -0.25) is 15.0 Å². The van der Waals surface area contributed by atoms with Gasteiger partial charge < -0.3 is 9.80 Å². The molecule has 6 nitrogen and oxygen atoms in total. The van der Waals surface area contributed by atoms with E-state index in [0.29, 0.717) is 5.69 Å². The molecular weight excluding hydrogens is 467 g/mol. The standard InChI is InChI=1S/C21H21IN4O2/c1-24-10-12-25(13-11-24)19-5-3-2-4-15(19)14-18-20(27)23-26(21(18)28)17-8-6-16(22)7-9-17/h2-9,14H,10-13H2,1H3,(H,23,27). The molecular formula is C21H21IN4O2. The van der Waals surface area contributed by atoms with Gasteiger partial charge in [0, 0.05) is 35.4 Å². The second kappa shape index (κ2) is 7.92. The van der Waals surface area contributed by atoms with Crippen LogP contribution in [-0.4, -0.2) is 49.9 Å². The molecule has 2 fully saturated rings. The summed E-state index contributed by atoms with van der Waals surface area (Å²) in [7, 11) is 2.12. The van der Waals surface area contributed by atoms with E-state index in [1.807, 2.05) is 48.5 Å². The van der Waals surface area contributed by atoms with Crippen LogP contribution in [0, 0.1) is 3.57 Å². The molecule has 0 aliphatic carbocycles. The molecule has 2 aliphatic heterocycles. The fourth-order valence-corrected chi connectivity index (χ4v) is 3.79. The Labute approximate surface area is 177 Å². The van der Waals surface area contributed by atoms with Gasteiger partial charge in [-0.15, -0.1) is 0 Å². The smallest absolute Gasteiger partial charge is 0.282 e. The van der Waals surface area contributed by atoms with Gasteiger partial charge in [-0.25, -0.2) is 5.01 Å². The minimum absolute atomic E-state index is 0.153. The molecule has 144 valence electrons. The van der Waals surface area contributed by atoms with Crippen molar-refractivity contribution in [3.8, 4) is 0 Å². The highest BCUT2D eigenvalue weighted by atomic mass is 127. The van der Waals surface area contributed by atoms with Gasteiger partial charge in [-0.2, -0.15) is 0 Å². The third-order valence-corrected chi connectivity index (χ3v) is 5.78. The van der Waals surface area contributed by atoms with E-state index in [9.17, 15) is 9.59 Å². The number of anilines is 2. The molecule has 1 N–H and O–H groups in total. The fourth-order valence-electron chi connectivity index (χ4n) is 3.43. The number of carbonyl (C=O) groups excluding carboxylic acids is 2. The zero-order valence-electron chi connectivity index (χ0n) is 15.6. The number of benzene rings is 2. The van der Waals surface area contributed by atoms with Gasteiger partial charge in [0.25, 0.3) is 11.8 Å². The number of nitrogens with zero attached hydrogens (tertiary/aromatic N) is 3. The lowest BCUT2D eigenvalue weighted by atomic mass is 10.1. The quantitative estimate of drug-likeness (QED) is 0.410. The molecule has 2 aliphatic rings. The van der Waals surface area contributed by atoms with Crippen molar-refractivity contribution in [2.45, 2.75) is 0 Å². The SMILES string of the molecule is CN1CCN(c2ccccc2C=C2C(=O)NN(c3ccc(I)cc3)C2=O)CC1. The van der Waals surface area contributed by atoms with Crippen LogP contribution in [0.4, 0.5) is 11.4 Å². The maximum Gasteiger partial charge on any atom is 0.282 e. The Bertz CT molecular complexity index is 934. The molecule has 7 heteroatoms. The Kier molecular flexibility index (Phi) is 5.36. The number of halogens is 1. The summed E-state index contributed by atoms with van der Waals surface area (Å²) in [5, 5.41) is 1.31. The van der Waals surface area contributed by atoms with E-state index in [2.05, 4.69) is 44.9 Å². The first-order chi connectivity index (χ1) is 13.5.